The molecule has 1 aromatic heterocycles. The maximum Gasteiger partial charge on any atom is 0.337 e. The van der Waals surface area contributed by atoms with Crippen molar-refractivity contribution in [2.45, 2.75) is 6.92 Å². The van der Waals surface area contributed by atoms with Gasteiger partial charge in [0.1, 0.15) is 0 Å². The van der Waals surface area contributed by atoms with Crippen LogP contribution in [0.2, 0.25) is 0 Å². The molecule has 1 N–H and O–H groups in total. The summed E-state index contributed by atoms with van der Waals surface area (Å²) in [4.78, 5) is 37.0. The number of rotatable bonds is 3. The van der Waals surface area contributed by atoms with Gasteiger partial charge in [0.15, 0.2) is 17.3 Å². The van der Waals surface area contributed by atoms with Crippen LogP contribution in [0.4, 0.5) is 0 Å². The molecule has 8 nitrogen and oxygen atoms in total. The Morgan fingerprint density at radius 3 is 2.46 bits per heavy atom. The third-order valence-electron chi connectivity index (χ3n) is 4.54. The average Bonchev–Trinajstić information content (AvgIpc) is 3.26. The smallest absolute Gasteiger partial charge is 0.337 e. The lowest BCUT2D eigenvalue weighted by Crippen LogP contribution is -2.06. The molecule has 1 aliphatic heterocycles. The third kappa shape index (κ3) is 2.58. The van der Waals surface area contributed by atoms with Gasteiger partial charge in [-0.25, -0.2) is 4.79 Å². The second-order valence-corrected chi connectivity index (χ2v) is 6.17. The van der Waals surface area contributed by atoms with Crippen molar-refractivity contribution in [2.24, 2.45) is 0 Å². The molecule has 2 aromatic carbocycles. The van der Waals surface area contributed by atoms with Gasteiger partial charge >= 0.3 is 5.97 Å². The summed E-state index contributed by atoms with van der Waals surface area (Å²) in [6.07, 6.45) is 0. The first-order valence-corrected chi connectivity index (χ1v) is 8.33. The lowest BCUT2D eigenvalue weighted by atomic mass is 10.0. The van der Waals surface area contributed by atoms with Crippen LogP contribution in [0.25, 0.3) is 10.9 Å². The Kier molecular flexibility index (Phi) is 4.03. The van der Waals surface area contributed by atoms with E-state index in [4.69, 9.17) is 14.2 Å². The minimum absolute atomic E-state index is 0.0412. The molecule has 0 saturated heterocycles. The summed E-state index contributed by atoms with van der Waals surface area (Å²) in [5.41, 5.74) is 0.647. The van der Waals surface area contributed by atoms with Gasteiger partial charge in [0, 0.05) is 17.9 Å². The van der Waals surface area contributed by atoms with Crippen LogP contribution in [0, 0.1) is 0 Å². The monoisotopic (exact) mass is 381 g/mol. The molecule has 1 aliphatic rings. The number of hydrogen-bond donors (Lipinski definition) is 1. The summed E-state index contributed by atoms with van der Waals surface area (Å²) in [6.45, 7) is 1.32. The summed E-state index contributed by atoms with van der Waals surface area (Å²) in [5.74, 6) is -1.14. The molecule has 0 bridgehead atoms. The zero-order valence-corrected chi connectivity index (χ0v) is 15.0. The number of benzene rings is 2. The van der Waals surface area contributed by atoms with Crippen LogP contribution in [-0.4, -0.2) is 41.2 Å². The normalized spacial score (nSPS) is 12.2. The Morgan fingerprint density at radius 1 is 1.04 bits per heavy atom. The fourth-order valence-corrected chi connectivity index (χ4v) is 3.24. The number of nitrogens with zero attached hydrogens (tertiary/aromatic N) is 1. The Labute approximate surface area is 158 Å². The number of hydrogen-bond acceptors (Lipinski definition) is 7. The zero-order chi connectivity index (χ0) is 20.0. The highest BCUT2D eigenvalue weighted by Gasteiger charge is 2.27. The molecule has 142 valence electrons. The van der Waals surface area contributed by atoms with Crippen molar-refractivity contribution in [2.75, 3.05) is 13.9 Å². The highest BCUT2D eigenvalue weighted by Crippen LogP contribution is 2.37. The van der Waals surface area contributed by atoms with Gasteiger partial charge in [-0.05, 0) is 30.3 Å². The van der Waals surface area contributed by atoms with Gasteiger partial charge in [0.05, 0.1) is 23.8 Å². The largest absolute Gasteiger partial charge is 0.494 e. The van der Waals surface area contributed by atoms with Crippen LogP contribution in [0.3, 0.4) is 0 Å². The first-order chi connectivity index (χ1) is 13.4. The quantitative estimate of drug-likeness (QED) is 0.549. The summed E-state index contributed by atoms with van der Waals surface area (Å²) in [7, 11) is 1.24. The van der Waals surface area contributed by atoms with Crippen molar-refractivity contribution in [1.29, 1.82) is 0 Å². The van der Waals surface area contributed by atoms with Crippen molar-refractivity contribution in [3.8, 4) is 17.4 Å². The average molecular weight is 381 g/mol. The van der Waals surface area contributed by atoms with Gasteiger partial charge in [0.25, 0.3) is 0 Å². The van der Waals surface area contributed by atoms with E-state index in [-0.39, 0.29) is 29.0 Å². The van der Waals surface area contributed by atoms with E-state index >= 15 is 0 Å². The topological polar surface area (TPSA) is 104 Å². The van der Waals surface area contributed by atoms with Crippen LogP contribution in [0.5, 0.6) is 17.4 Å². The Balaban J connectivity index is 1.91. The van der Waals surface area contributed by atoms with Gasteiger partial charge in [-0.3, -0.25) is 14.2 Å². The molecule has 3 aromatic rings. The van der Waals surface area contributed by atoms with Gasteiger partial charge in [-0.15, -0.1) is 0 Å². The fraction of sp³-hybridized carbons (Fsp3) is 0.150. The summed E-state index contributed by atoms with van der Waals surface area (Å²) in [5, 5.41) is 11.0. The van der Waals surface area contributed by atoms with E-state index in [9.17, 15) is 19.5 Å². The number of aromatic hydroxyl groups is 1. The van der Waals surface area contributed by atoms with Crippen LogP contribution < -0.4 is 9.47 Å². The molecule has 0 spiro atoms. The number of aromatic nitrogens is 1. The molecule has 0 unspecified atom stereocenters. The maximum absolute atomic E-state index is 13.1. The van der Waals surface area contributed by atoms with E-state index in [1.807, 2.05) is 0 Å². The summed E-state index contributed by atoms with van der Waals surface area (Å²) in [6, 6.07) is 9.04. The highest BCUT2D eigenvalue weighted by molar-refractivity contribution is 6.20. The molecular weight excluding hydrogens is 366 g/mol. The SMILES string of the molecule is COC(=O)c1ccc2c(C(=O)c3ccc4c(c3)OCO4)c(O)n(C(C)=O)c2c1. The van der Waals surface area contributed by atoms with Crippen molar-refractivity contribution in [1.82, 2.24) is 4.57 Å². The van der Waals surface area contributed by atoms with Gasteiger partial charge in [0.2, 0.25) is 18.6 Å². The van der Waals surface area contributed by atoms with E-state index in [1.54, 1.807) is 12.1 Å². The van der Waals surface area contributed by atoms with Crippen molar-refractivity contribution < 1.29 is 33.7 Å². The first kappa shape index (κ1) is 17.6. The van der Waals surface area contributed by atoms with E-state index in [2.05, 4.69) is 0 Å². The van der Waals surface area contributed by atoms with Crippen LogP contribution in [-0.2, 0) is 4.74 Å². The lowest BCUT2D eigenvalue weighted by Gasteiger charge is -2.03. The van der Waals surface area contributed by atoms with Gasteiger partial charge < -0.3 is 19.3 Å². The Bertz CT molecular complexity index is 1160. The van der Waals surface area contributed by atoms with Crippen LogP contribution >= 0.6 is 0 Å². The number of fused-ring (bicyclic) bond motifs is 2. The maximum atomic E-state index is 13.1. The van der Waals surface area contributed by atoms with Gasteiger partial charge in [-0.1, -0.05) is 6.07 Å². The number of ketones is 1. The standard InChI is InChI=1S/C20H15NO7/c1-10(22)21-14-7-12(20(25)26-2)3-5-13(14)17(19(21)24)18(23)11-4-6-15-16(8-11)28-9-27-15/h3-8,24H,9H2,1-2H3. The predicted octanol–water partition coefficient (Wildman–Crippen LogP) is 2.75. The van der Waals surface area contributed by atoms with E-state index < -0.39 is 23.5 Å². The predicted molar refractivity (Wildman–Crippen MR) is 97.2 cm³/mol. The third-order valence-corrected chi connectivity index (χ3v) is 4.54. The molecule has 0 saturated carbocycles. The second kappa shape index (κ2) is 6.41. The van der Waals surface area contributed by atoms with Crippen molar-refractivity contribution in [3.05, 3.63) is 53.1 Å². The molecule has 0 aliphatic carbocycles. The van der Waals surface area contributed by atoms with Crippen LogP contribution in [0.1, 0.15) is 38.0 Å². The van der Waals surface area contributed by atoms with E-state index in [0.717, 1.165) is 4.57 Å². The van der Waals surface area contributed by atoms with Crippen molar-refractivity contribution >= 4 is 28.6 Å². The number of carbonyl (C=O) groups excluding carboxylic acids is 3. The molecule has 0 amide bonds. The summed E-state index contributed by atoms with van der Waals surface area (Å²) >= 11 is 0. The number of esters is 1. The minimum Gasteiger partial charge on any atom is -0.494 e. The van der Waals surface area contributed by atoms with Crippen LogP contribution in [0.15, 0.2) is 36.4 Å². The Morgan fingerprint density at radius 2 is 1.75 bits per heavy atom. The highest BCUT2D eigenvalue weighted by atomic mass is 16.7. The van der Waals surface area contributed by atoms with E-state index in [1.165, 1.54) is 38.3 Å². The molecule has 8 heteroatoms. The number of methoxy groups -OCH3 is 1. The molecule has 0 radical (unpaired) electrons. The molecule has 4 rings (SSSR count). The molecular formula is C20H15NO7. The minimum atomic E-state index is -0.596. The summed E-state index contributed by atoms with van der Waals surface area (Å²) < 4.78 is 16.2. The molecule has 0 atom stereocenters. The molecule has 2 heterocycles. The molecule has 0 fully saturated rings. The number of ether oxygens (including phenoxy) is 3. The molecule has 28 heavy (non-hydrogen) atoms. The van der Waals surface area contributed by atoms with Gasteiger partial charge in [-0.2, -0.15) is 0 Å². The van der Waals surface area contributed by atoms with Crippen molar-refractivity contribution in [3.63, 3.8) is 0 Å². The number of carbonyl (C=O) groups is 3. The fourth-order valence-electron chi connectivity index (χ4n) is 3.24. The van der Waals surface area contributed by atoms with E-state index in [0.29, 0.717) is 16.9 Å². The second-order valence-electron chi connectivity index (χ2n) is 6.17. The Hall–Kier alpha value is -3.81. The first-order valence-electron chi connectivity index (χ1n) is 8.33. The lowest BCUT2D eigenvalue weighted by molar-refractivity contribution is 0.0600. The zero-order valence-electron chi connectivity index (χ0n) is 15.0.